The Hall–Kier alpha value is -2.14. The molecule has 4 rings (SSSR count). The van der Waals surface area contributed by atoms with Gasteiger partial charge in [-0.25, -0.2) is 4.98 Å². The summed E-state index contributed by atoms with van der Waals surface area (Å²) in [5, 5.41) is 6.70. The quantitative estimate of drug-likeness (QED) is 0.276. The molecular weight excluding hydrogens is 491 g/mol. The highest BCUT2D eigenvalue weighted by Crippen LogP contribution is 2.32. The molecule has 1 aliphatic rings. The molecule has 0 radical (unpaired) electrons. The molecule has 30 heavy (non-hydrogen) atoms. The number of halogens is 1. The summed E-state index contributed by atoms with van der Waals surface area (Å²) in [7, 11) is 0. The number of nitrogens with two attached hydrogens (primary N) is 2. The summed E-state index contributed by atoms with van der Waals surface area (Å²) in [6.45, 7) is 3.13. The van der Waals surface area contributed by atoms with Gasteiger partial charge in [-0.3, -0.25) is 0 Å². The van der Waals surface area contributed by atoms with Gasteiger partial charge < -0.3 is 26.7 Å². The number of anilines is 3. The maximum absolute atomic E-state index is 6.16. The van der Waals surface area contributed by atoms with Crippen LogP contribution in [0.3, 0.4) is 0 Å². The second-order valence-corrected chi connectivity index (χ2v) is 9.31. The van der Waals surface area contributed by atoms with Crippen molar-refractivity contribution < 1.29 is 0 Å². The highest BCUT2D eigenvalue weighted by atomic mass is 127. The van der Waals surface area contributed by atoms with Crippen LogP contribution >= 0.6 is 22.6 Å². The van der Waals surface area contributed by atoms with Crippen LogP contribution in [0, 0.1) is 3.57 Å². The first-order valence-electron chi connectivity index (χ1n) is 10.5. The second kappa shape index (κ2) is 9.34. The van der Waals surface area contributed by atoms with Crippen LogP contribution in [0.5, 0.6) is 0 Å². The summed E-state index contributed by atoms with van der Waals surface area (Å²) in [6.07, 6.45) is 8.06. The molecular formula is C21H29IN8. The predicted octanol–water partition coefficient (Wildman–Crippen LogP) is 3.89. The van der Waals surface area contributed by atoms with E-state index in [2.05, 4.69) is 48.8 Å². The molecule has 9 heteroatoms. The molecule has 8 nitrogen and oxygen atoms in total. The lowest BCUT2D eigenvalue weighted by Crippen LogP contribution is -2.26. The zero-order valence-corrected chi connectivity index (χ0v) is 19.4. The number of hydrogen-bond donors (Lipinski definition) is 4. The van der Waals surface area contributed by atoms with Gasteiger partial charge in [0, 0.05) is 34.4 Å². The summed E-state index contributed by atoms with van der Waals surface area (Å²) in [5.74, 6) is 1.27. The van der Waals surface area contributed by atoms with Gasteiger partial charge in [0.15, 0.2) is 17.0 Å². The van der Waals surface area contributed by atoms with Crippen molar-refractivity contribution >= 4 is 51.2 Å². The van der Waals surface area contributed by atoms with Crippen LogP contribution in [0.1, 0.15) is 50.6 Å². The third-order valence-electron chi connectivity index (χ3n) is 5.52. The van der Waals surface area contributed by atoms with E-state index in [9.17, 15) is 0 Å². The van der Waals surface area contributed by atoms with Gasteiger partial charge in [-0.05, 0) is 66.1 Å². The van der Waals surface area contributed by atoms with Gasteiger partial charge in [-0.1, -0.05) is 19.3 Å². The van der Waals surface area contributed by atoms with Crippen LogP contribution in [0.2, 0.25) is 0 Å². The van der Waals surface area contributed by atoms with Crippen molar-refractivity contribution in [3.8, 4) is 0 Å². The first kappa shape index (κ1) is 21.1. The molecule has 3 aromatic rings. The minimum absolute atomic E-state index is 0.00940. The number of fused-ring (bicyclic) bond motifs is 1. The molecule has 2 aromatic heterocycles. The average Bonchev–Trinajstić information content (AvgIpc) is 3.17. The molecule has 2 heterocycles. The number of nitrogen functional groups attached to an aromatic ring is 1. The zero-order chi connectivity index (χ0) is 21.1. The molecule has 1 fully saturated rings. The van der Waals surface area contributed by atoms with Crippen LogP contribution < -0.4 is 22.1 Å². The Balaban J connectivity index is 1.67. The normalized spacial score (nSPS) is 16.0. The van der Waals surface area contributed by atoms with Crippen LogP contribution in [-0.2, 0) is 6.54 Å². The molecule has 0 amide bonds. The average molecular weight is 520 g/mol. The second-order valence-electron chi connectivity index (χ2n) is 8.07. The summed E-state index contributed by atoms with van der Waals surface area (Å²) in [5.41, 5.74) is 15.5. The van der Waals surface area contributed by atoms with E-state index in [1.165, 1.54) is 32.1 Å². The van der Waals surface area contributed by atoms with Crippen LogP contribution in [0.15, 0.2) is 24.5 Å². The smallest absolute Gasteiger partial charge is 0.226 e. The van der Waals surface area contributed by atoms with Gasteiger partial charge in [0.05, 0.1) is 6.33 Å². The van der Waals surface area contributed by atoms with Gasteiger partial charge in [-0.15, -0.1) is 0 Å². The summed E-state index contributed by atoms with van der Waals surface area (Å²) >= 11 is 2.29. The number of nitrogens with zero attached hydrogens (tertiary/aromatic N) is 4. The Morgan fingerprint density at radius 1 is 1.20 bits per heavy atom. The van der Waals surface area contributed by atoms with Crippen LogP contribution in [0.4, 0.5) is 17.5 Å². The third-order valence-corrected chi connectivity index (χ3v) is 6.19. The SMILES string of the molecule is CC(N)CNc1nc(NCc2cc(I)ccc2N)c2ncn(C3CCCCC3)c2n1. The van der Waals surface area contributed by atoms with Crippen LogP contribution in [-0.4, -0.2) is 32.1 Å². The molecule has 0 bridgehead atoms. The van der Waals surface area contributed by atoms with Gasteiger partial charge in [0.25, 0.3) is 0 Å². The fourth-order valence-corrected chi connectivity index (χ4v) is 4.46. The Morgan fingerprint density at radius 3 is 2.77 bits per heavy atom. The zero-order valence-electron chi connectivity index (χ0n) is 17.2. The van der Waals surface area contributed by atoms with Crippen molar-refractivity contribution in [2.45, 2.75) is 57.7 Å². The number of benzene rings is 1. The molecule has 0 saturated heterocycles. The monoisotopic (exact) mass is 520 g/mol. The van der Waals surface area contributed by atoms with Gasteiger partial charge in [0.2, 0.25) is 5.95 Å². The fourth-order valence-electron chi connectivity index (χ4n) is 3.90. The van der Waals surface area contributed by atoms with Crippen molar-refractivity contribution in [1.82, 2.24) is 19.5 Å². The standard InChI is InChI=1S/C21H29IN8/c1-13(23)10-26-21-28-19(25-11-14-9-15(22)7-8-17(14)24)18-20(29-21)30(12-27-18)16-5-3-2-4-6-16/h7-9,12-13,16H,2-6,10-11,23-24H2,1H3,(H2,25,26,28,29). The fraction of sp³-hybridized carbons (Fsp3) is 0.476. The third kappa shape index (κ3) is 4.77. The Bertz CT molecular complexity index is 1010. The highest BCUT2D eigenvalue weighted by molar-refractivity contribution is 14.1. The van der Waals surface area contributed by atoms with Crippen molar-refractivity contribution in [3.05, 3.63) is 33.7 Å². The Kier molecular flexibility index (Phi) is 6.57. The predicted molar refractivity (Wildman–Crippen MR) is 130 cm³/mol. The van der Waals surface area contributed by atoms with Crippen molar-refractivity contribution in [3.63, 3.8) is 0 Å². The van der Waals surface area contributed by atoms with E-state index in [1.54, 1.807) is 0 Å². The molecule has 1 atom stereocenters. The minimum atomic E-state index is 0.00940. The number of aromatic nitrogens is 4. The first-order valence-corrected chi connectivity index (χ1v) is 11.6. The Labute approximate surface area is 190 Å². The molecule has 160 valence electrons. The molecule has 1 aromatic carbocycles. The van der Waals surface area contributed by atoms with Crippen LogP contribution in [0.25, 0.3) is 11.2 Å². The van der Waals surface area contributed by atoms with Gasteiger partial charge >= 0.3 is 0 Å². The molecule has 6 N–H and O–H groups in total. The van der Waals surface area contributed by atoms with E-state index in [-0.39, 0.29) is 6.04 Å². The summed E-state index contributed by atoms with van der Waals surface area (Å²) in [4.78, 5) is 14.2. The lowest BCUT2D eigenvalue weighted by molar-refractivity contribution is 0.358. The highest BCUT2D eigenvalue weighted by Gasteiger charge is 2.21. The van der Waals surface area contributed by atoms with E-state index < -0.39 is 0 Å². The lowest BCUT2D eigenvalue weighted by atomic mass is 9.95. The van der Waals surface area contributed by atoms with Crippen molar-refractivity contribution in [1.29, 1.82) is 0 Å². The topological polar surface area (TPSA) is 120 Å². The van der Waals surface area contributed by atoms with Gasteiger partial charge in [-0.2, -0.15) is 9.97 Å². The number of nitrogens with one attached hydrogen (secondary N) is 2. The van der Waals surface area contributed by atoms with E-state index in [0.29, 0.717) is 30.9 Å². The van der Waals surface area contributed by atoms with Crippen molar-refractivity contribution in [2.24, 2.45) is 5.73 Å². The molecule has 0 spiro atoms. The molecule has 1 aliphatic carbocycles. The van der Waals surface area contributed by atoms with Crippen molar-refractivity contribution in [2.75, 3.05) is 22.9 Å². The number of hydrogen-bond acceptors (Lipinski definition) is 7. The molecule has 0 aliphatic heterocycles. The lowest BCUT2D eigenvalue weighted by Gasteiger charge is -2.23. The Morgan fingerprint density at radius 2 is 2.00 bits per heavy atom. The summed E-state index contributed by atoms with van der Waals surface area (Å²) < 4.78 is 3.37. The van der Waals surface area contributed by atoms with E-state index in [0.717, 1.165) is 26.0 Å². The maximum Gasteiger partial charge on any atom is 0.226 e. The number of rotatable bonds is 7. The van der Waals surface area contributed by atoms with E-state index in [1.807, 2.05) is 25.4 Å². The minimum Gasteiger partial charge on any atom is -0.398 e. The summed E-state index contributed by atoms with van der Waals surface area (Å²) in [6, 6.07) is 6.47. The van der Waals surface area contributed by atoms with E-state index in [4.69, 9.17) is 21.4 Å². The maximum atomic E-state index is 6.16. The first-order chi connectivity index (χ1) is 14.5. The molecule has 1 unspecified atom stereocenters. The molecule has 1 saturated carbocycles. The number of imidazole rings is 1. The van der Waals surface area contributed by atoms with Gasteiger partial charge in [0.1, 0.15) is 0 Å². The largest absolute Gasteiger partial charge is 0.398 e. The van der Waals surface area contributed by atoms with E-state index >= 15 is 0 Å².